The van der Waals surface area contributed by atoms with E-state index >= 15 is 0 Å². The van der Waals surface area contributed by atoms with Crippen molar-refractivity contribution in [1.29, 1.82) is 5.26 Å². The lowest BCUT2D eigenvalue weighted by molar-refractivity contribution is 0.403. The number of methoxy groups -OCH3 is 1. The maximum Gasteiger partial charge on any atom is 0.122 e. The first-order chi connectivity index (χ1) is 7.19. The zero-order valence-corrected chi connectivity index (χ0v) is 9.16. The molecule has 15 heavy (non-hydrogen) atoms. The standard InChI is InChI=1S/C13H15NO/c1-13(8-11(13)9-14)7-10-5-3-4-6-12(10)15-2/h3-6,11H,7-8H2,1-2H3. The van der Waals surface area contributed by atoms with E-state index in [0.29, 0.717) is 0 Å². The van der Waals surface area contributed by atoms with Crippen LogP contribution in [0.1, 0.15) is 18.9 Å². The molecule has 1 fully saturated rings. The molecule has 0 aliphatic heterocycles. The highest BCUT2D eigenvalue weighted by Gasteiger charge is 2.50. The Balaban J connectivity index is 2.16. The average Bonchev–Trinajstić information content (AvgIpc) is 2.90. The first kappa shape index (κ1) is 10.0. The number of nitrogens with zero attached hydrogens (tertiary/aromatic N) is 1. The summed E-state index contributed by atoms with van der Waals surface area (Å²) >= 11 is 0. The highest BCUT2D eigenvalue weighted by atomic mass is 16.5. The molecule has 1 aromatic carbocycles. The molecule has 0 aromatic heterocycles. The van der Waals surface area contributed by atoms with E-state index in [0.717, 1.165) is 18.6 Å². The smallest absolute Gasteiger partial charge is 0.122 e. The molecule has 0 amide bonds. The Morgan fingerprint density at radius 3 is 2.87 bits per heavy atom. The maximum absolute atomic E-state index is 8.86. The molecule has 0 spiro atoms. The van der Waals surface area contributed by atoms with Crippen LogP contribution in [0.5, 0.6) is 5.75 Å². The second kappa shape index (κ2) is 3.58. The van der Waals surface area contributed by atoms with Crippen LogP contribution in [-0.2, 0) is 6.42 Å². The van der Waals surface area contributed by atoms with E-state index < -0.39 is 0 Å². The topological polar surface area (TPSA) is 33.0 Å². The molecule has 1 aliphatic rings. The van der Waals surface area contributed by atoms with Crippen LogP contribution in [0.15, 0.2) is 24.3 Å². The van der Waals surface area contributed by atoms with Crippen LogP contribution in [0.2, 0.25) is 0 Å². The van der Waals surface area contributed by atoms with Gasteiger partial charge in [-0.05, 0) is 29.9 Å². The van der Waals surface area contributed by atoms with Crippen molar-refractivity contribution in [3.8, 4) is 11.8 Å². The van der Waals surface area contributed by atoms with Crippen molar-refractivity contribution in [1.82, 2.24) is 0 Å². The second-order valence-electron chi connectivity index (χ2n) is 4.53. The fourth-order valence-corrected chi connectivity index (χ4v) is 2.09. The molecule has 2 heteroatoms. The number of nitriles is 1. The third-order valence-corrected chi connectivity index (χ3v) is 3.29. The van der Waals surface area contributed by atoms with E-state index in [-0.39, 0.29) is 11.3 Å². The fraction of sp³-hybridized carbons (Fsp3) is 0.462. The molecule has 78 valence electrons. The lowest BCUT2D eigenvalue weighted by Gasteiger charge is -2.12. The molecule has 1 aromatic rings. The summed E-state index contributed by atoms with van der Waals surface area (Å²) in [7, 11) is 1.69. The van der Waals surface area contributed by atoms with Crippen LogP contribution >= 0.6 is 0 Å². The highest BCUT2D eigenvalue weighted by molar-refractivity contribution is 5.35. The van der Waals surface area contributed by atoms with Gasteiger partial charge in [-0.3, -0.25) is 0 Å². The average molecular weight is 201 g/mol. The lowest BCUT2D eigenvalue weighted by atomic mass is 9.96. The van der Waals surface area contributed by atoms with Gasteiger partial charge in [0, 0.05) is 0 Å². The van der Waals surface area contributed by atoms with Crippen molar-refractivity contribution in [3.05, 3.63) is 29.8 Å². The summed E-state index contributed by atoms with van der Waals surface area (Å²) in [6, 6.07) is 10.4. The molecule has 0 heterocycles. The Morgan fingerprint density at radius 2 is 2.27 bits per heavy atom. The number of hydrogen-bond donors (Lipinski definition) is 0. The van der Waals surface area contributed by atoms with Crippen LogP contribution in [0.3, 0.4) is 0 Å². The van der Waals surface area contributed by atoms with Gasteiger partial charge in [0.1, 0.15) is 5.75 Å². The molecule has 0 N–H and O–H groups in total. The number of benzene rings is 1. The Kier molecular flexibility index (Phi) is 2.40. The van der Waals surface area contributed by atoms with Crippen LogP contribution in [0.4, 0.5) is 0 Å². The minimum Gasteiger partial charge on any atom is -0.496 e. The SMILES string of the molecule is COc1ccccc1CC1(C)CC1C#N. The van der Waals surface area contributed by atoms with Gasteiger partial charge in [-0.15, -0.1) is 0 Å². The van der Waals surface area contributed by atoms with Gasteiger partial charge in [-0.25, -0.2) is 0 Å². The zero-order valence-electron chi connectivity index (χ0n) is 9.16. The monoisotopic (exact) mass is 201 g/mol. The minimum absolute atomic E-state index is 0.170. The van der Waals surface area contributed by atoms with Crippen molar-refractivity contribution in [3.63, 3.8) is 0 Å². The van der Waals surface area contributed by atoms with Gasteiger partial charge in [0.05, 0.1) is 19.1 Å². The van der Waals surface area contributed by atoms with Crippen molar-refractivity contribution in [2.75, 3.05) is 7.11 Å². The Morgan fingerprint density at radius 1 is 1.53 bits per heavy atom. The van der Waals surface area contributed by atoms with Gasteiger partial charge in [0.2, 0.25) is 0 Å². The molecule has 2 unspecified atom stereocenters. The third kappa shape index (κ3) is 1.83. The largest absolute Gasteiger partial charge is 0.496 e. The minimum atomic E-state index is 0.170. The summed E-state index contributed by atoms with van der Waals surface area (Å²) in [5.41, 5.74) is 1.38. The summed E-state index contributed by atoms with van der Waals surface area (Å²) in [6.07, 6.45) is 1.96. The van der Waals surface area contributed by atoms with E-state index in [2.05, 4.69) is 19.1 Å². The Labute approximate surface area is 90.5 Å². The lowest BCUT2D eigenvalue weighted by Crippen LogP contribution is -2.04. The van der Waals surface area contributed by atoms with Crippen LogP contribution in [0, 0.1) is 22.7 Å². The molecule has 1 aliphatic carbocycles. The highest BCUT2D eigenvalue weighted by Crippen LogP contribution is 2.54. The number of ether oxygens (including phenoxy) is 1. The summed E-state index contributed by atoms with van der Waals surface area (Å²) < 4.78 is 5.30. The molecular weight excluding hydrogens is 186 g/mol. The molecule has 0 bridgehead atoms. The zero-order chi connectivity index (χ0) is 10.9. The molecule has 0 radical (unpaired) electrons. The maximum atomic E-state index is 8.86. The normalized spacial score (nSPS) is 28.2. The third-order valence-electron chi connectivity index (χ3n) is 3.29. The molecule has 0 saturated heterocycles. The van der Waals surface area contributed by atoms with E-state index in [1.807, 2.05) is 18.2 Å². The molecule has 2 atom stereocenters. The van der Waals surface area contributed by atoms with Crippen molar-refractivity contribution >= 4 is 0 Å². The predicted molar refractivity (Wildman–Crippen MR) is 58.5 cm³/mol. The summed E-state index contributed by atoms with van der Waals surface area (Å²) in [5, 5.41) is 8.86. The van der Waals surface area contributed by atoms with Crippen molar-refractivity contribution < 1.29 is 4.74 Å². The van der Waals surface area contributed by atoms with Crippen molar-refractivity contribution in [2.24, 2.45) is 11.3 Å². The molecular formula is C13H15NO. The van der Waals surface area contributed by atoms with Crippen LogP contribution in [-0.4, -0.2) is 7.11 Å². The van der Waals surface area contributed by atoms with E-state index in [4.69, 9.17) is 10.00 Å². The summed E-state index contributed by atoms with van der Waals surface area (Å²) in [6.45, 7) is 2.17. The number of hydrogen-bond acceptors (Lipinski definition) is 2. The number of para-hydroxylation sites is 1. The quantitative estimate of drug-likeness (QED) is 0.753. The molecule has 1 saturated carbocycles. The second-order valence-corrected chi connectivity index (χ2v) is 4.53. The van der Waals surface area contributed by atoms with Crippen molar-refractivity contribution in [2.45, 2.75) is 19.8 Å². The Bertz CT molecular complexity index is 407. The first-order valence-corrected chi connectivity index (χ1v) is 5.21. The van der Waals surface area contributed by atoms with Crippen LogP contribution in [0.25, 0.3) is 0 Å². The van der Waals surface area contributed by atoms with Crippen LogP contribution < -0.4 is 4.74 Å². The van der Waals surface area contributed by atoms with E-state index in [9.17, 15) is 0 Å². The Hall–Kier alpha value is -1.49. The summed E-state index contributed by atoms with van der Waals surface area (Å²) in [4.78, 5) is 0. The number of rotatable bonds is 3. The van der Waals surface area contributed by atoms with Gasteiger partial charge in [-0.2, -0.15) is 5.26 Å². The molecule has 2 nitrogen and oxygen atoms in total. The molecule has 2 rings (SSSR count). The fourth-order valence-electron chi connectivity index (χ4n) is 2.09. The van der Waals surface area contributed by atoms with Gasteiger partial charge in [-0.1, -0.05) is 25.1 Å². The van der Waals surface area contributed by atoms with Gasteiger partial charge >= 0.3 is 0 Å². The van der Waals surface area contributed by atoms with E-state index in [1.165, 1.54) is 5.56 Å². The predicted octanol–water partition coefficient (Wildman–Crippen LogP) is 2.79. The van der Waals surface area contributed by atoms with E-state index in [1.54, 1.807) is 7.11 Å². The first-order valence-electron chi connectivity index (χ1n) is 5.21. The van der Waals surface area contributed by atoms with Gasteiger partial charge < -0.3 is 4.74 Å². The van der Waals surface area contributed by atoms with Gasteiger partial charge in [0.25, 0.3) is 0 Å². The summed E-state index contributed by atoms with van der Waals surface area (Å²) in [5.74, 6) is 1.16. The van der Waals surface area contributed by atoms with Gasteiger partial charge in [0.15, 0.2) is 0 Å².